The minimum Gasteiger partial charge on any atom is -0.493 e. The average Bonchev–Trinajstić information content (AvgIpc) is 3.54. The summed E-state index contributed by atoms with van der Waals surface area (Å²) in [5.41, 5.74) is 3.90. The Morgan fingerprint density at radius 1 is 1.00 bits per heavy atom. The summed E-state index contributed by atoms with van der Waals surface area (Å²) < 4.78 is 42.6. The van der Waals surface area contributed by atoms with E-state index in [0.717, 1.165) is 28.3 Å². The fourth-order valence-electron chi connectivity index (χ4n) is 5.71. The first kappa shape index (κ1) is 27.1. The van der Waals surface area contributed by atoms with Gasteiger partial charge in [0.2, 0.25) is 0 Å². The highest BCUT2D eigenvalue weighted by molar-refractivity contribution is 5.77. The smallest absolute Gasteiger partial charge is 0.307 e. The van der Waals surface area contributed by atoms with Gasteiger partial charge in [-0.2, -0.15) is 0 Å². The number of aryl methyl sites for hydroxylation is 2. The van der Waals surface area contributed by atoms with Crippen molar-refractivity contribution in [2.75, 3.05) is 6.61 Å². The van der Waals surface area contributed by atoms with Gasteiger partial charge in [-0.3, -0.25) is 4.79 Å². The van der Waals surface area contributed by atoms with Gasteiger partial charge in [0, 0.05) is 23.6 Å². The molecule has 5 rings (SSSR count). The summed E-state index contributed by atoms with van der Waals surface area (Å²) in [7, 11) is 0. The summed E-state index contributed by atoms with van der Waals surface area (Å²) in [5.74, 6) is -1.10. The molecule has 1 saturated carbocycles. The molecule has 0 aliphatic heterocycles. The highest BCUT2D eigenvalue weighted by Crippen LogP contribution is 2.48. The number of carbonyl (C=O) groups is 1. The van der Waals surface area contributed by atoms with Crippen LogP contribution in [0.5, 0.6) is 11.5 Å². The van der Waals surface area contributed by atoms with Gasteiger partial charge < -0.3 is 19.7 Å². The lowest BCUT2D eigenvalue weighted by Crippen LogP contribution is -2.21. The number of hydrogen-bond acceptors (Lipinski definition) is 4. The van der Waals surface area contributed by atoms with Crippen molar-refractivity contribution in [2.24, 2.45) is 5.92 Å². The van der Waals surface area contributed by atoms with Gasteiger partial charge in [0.05, 0.1) is 18.1 Å². The maximum absolute atomic E-state index is 15.4. The Bertz CT molecular complexity index is 1380. The van der Waals surface area contributed by atoms with Crippen molar-refractivity contribution in [3.05, 3.63) is 81.9 Å². The van der Waals surface area contributed by atoms with E-state index in [1.54, 1.807) is 26.0 Å². The molecular weight excluding hydrogens is 502 g/mol. The zero-order valence-corrected chi connectivity index (χ0v) is 22.7. The SMILES string of the molecule is Cc1cc(OCCC(C)(C)O)cc(C)c1-c1c(F)cc(F)c2c1CC[C@H]2Oc1ccc([C@H]2C[C@@H]2C(=O)O)cc1. The average molecular weight is 537 g/mol. The molecular formula is C32H34F2O5. The molecule has 0 bridgehead atoms. The Labute approximate surface area is 227 Å². The standard InChI is InChI=1S/C32H34F2O5/c1-17-13-21(38-12-11-32(3,4)37)14-18(2)28(17)30-22-9-10-27(29(22)25(33)16-26(30)34)39-20-7-5-19(6-8-20)23-15-24(23)31(35)36/h5-8,13-14,16,23-24,27,37H,9-12,15H2,1-4H3,(H,35,36)/t23-,24+,27-/m1/s1. The van der Waals surface area contributed by atoms with Crippen LogP contribution in [0.2, 0.25) is 0 Å². The van der Waals surface area contributed by atoms with Crippen molar-refractivity contribution in [1.82, 2.24) is 0 Å². The van der Waals surface area contributed by atoms with Crippen LogP contribution >= 0.6 is 0 Å². The summed E-state index contributed by atoms with van der Waals surface area (Å²) in [6.07, 6.45) is 1.55. The third-order valence-electron chi connectivity index (χ3n) is 7.79. The zero-order valence-electron chi connectivity index (χ0n) is 22.7. The summed E-state index contributed by atoms with van der Waals surface area (Å²) in [6, 6.07) is 12.0. The van der Waals surface area contributed by atoms with Crippen LogP contribution in [0.1, 0.15) is 72.9 Å². The number of carboxylic acid groups (broad SMARTS) is 1. The second-order valence-electron chi connectivity index (χ2n) is 11.5. The molecule has 2 aliphatic carbocycles. The van der Waals surface area contributed by atoms with E-state index in [1.807, 2.05) is 38.1 Å². The van der Waals surface area contributed by atoms with Crippen molar-refractivity contribution in [2.45, 2.75) is 71.0 Å². The molecule has 3 aromatic carbocycles. The van der Waals surface area contributed by atoms with Crippen LogP contribution in [0, 0.1) is 31.4 Å². The largest absolute Gasteiger partial charge is 0.493 e. The Hall–Kier alpha value is -3.45. The number of aliphatic carboxylic acids is 1. The van der Waals surface area contributed by atoms with Gasteiger partial charge in [-0.15, -0.1) is 0 Å². The summed E-state index contributed by atoms with van der Waals surface area (Å²) in [4.78, 5) is 11.2. The van der Waals surface area contributed by atoms with Crippen molar-refractivity contribution in [1.29, 1.82) is 0 Å². The van der Waals surface area contributed by atoms with Gasteiger partial charge in [0.15, 0.2) is 0 Å². The molecule has 0 spiro atoms. The van der Waals surface area contributed by atoms with E-state index >= 15 is 8.78 Å². The number of carboxylic acids is 1. The highest BCUT2D eigenvalue weighted by Gasteiger charge is 2.44. The van der Waals surface area contributed by atoms with Gasteiger partial charge in [0.25, 0.3) is 0 Å². The molecule has 3 atom stereocenters. The lowest BCUT2D eigenvalue weighted by Gasteiger charge is -2.20. The van der Waals surface area contributed by atoms with Crippen molar-refractivity contribution in [3.8, 4) is 22.6 Å². The fraction of sp³-hybridized carbons (Fsp3) is 0.406. The van der Waals surface area contributed by atoms with Crippen molar-refractivity contribution in [3.63, 3.8) is 0 Å². The zero-order chi connectivity index (χ0) is 28.1. The molecule has 39 heavy (non-hydrogen) atoms. The third-order valence-corrected chi connectivity index (χ3v) is 7.79. The number of fused-ring (bicyclic) bond motifs is 1. The van der Waals surface area contributed by atoms with E-state index in [2.05, 4.69) is 0 Å². The van der Waals surface area contributed by atoms with Crippen molar-refractivity contribution >= 4 is 5.97 Å². The molecule has 3 aromatic rings. The molecule has 0 amide bonds. The second kappa shape index (κ2) is 10.3. The maximum atomic E-state index is 15.4. The monoisotopic (exact) mass is 536 g/mol. The molecule has 206 valence electrons. The highest BCUT2D eigenvalue weighted by atomic mass is 19.1. The molecule has 0 aromatic heterocycles. The molecule has 0 unspecified atom stereocenters. The van der Waals surface area contributed by atoms with E-state index in [-0.39, 0.29) is 11.8 Å². The topological polar surface area (TPSA) is 76.0 Å². The maximum Gasteiger partial charge on any atom is 0.307 e. The van der Waals surface area contributed by atoms with Crippen molar-refractivity contribution < 1.29 is 33.3 Å². The normalized spacial score (nSPS) is 20.0. The molecule has 1 fully saturated rings. The van der Waals surface area contributed by atoms with Crippen LogP contribution in [0.3, 0.4) is 0 Å². The quantitative estimate of drug-likeness (QED) is 0.307. The Morgan fingerprint density at radius 3 is 2.26 bits per heavy atom. The molecule has 0 heterocycles. The van der Waals surface area contributed by atoms with Crippen LogP contribution < -0.4 is 9.47 Å². The van der Waals surface area contributed by atoms with Crippen LogP contribution in [0.25, 0.3) is 11.1 Å². The van der Waals surface area contributed by atoms with Crippen LogP contribution in [0.15, 0.2) is 42.5 Å². The number of aliphatic hydroxyl groups is 1. The third kappa shape index (κ3) is 5.64. The van der Waals surface area contributed by atoms with Gasteiger partial charge in [-0.05, 0) is 105 Å². The number of hydrogen-bond donors (Lipinski definition) is 2. The summed E-state index contributed by atoms with van der Waals surface area (Å²) >= 11 is 0. The van der Waals surface area contributed by atoms with Crippen LogP contribution in [0.4, 0.5) is 8.78 Å². The molecule has 0 radical (unpaired) electrons. The lowest BCUT2D eigenvalue weighted by molar-refractivity contribution is -0.138. The van der Waals surface area contributed by atoms with Crippen LogP contribution in [-0.4, -0.2) is 28.4 Å². The van der Waals surface area contributed by atoms with Gasteiger partial charge >= 0.3 is 5.97 Å². The first-order valence-corrected chi connectivity index (χ1v) is 13.4. The first-order valence-electron chi connectivity index (χ1n) is 13.4. The molecule has 5 nitrogen and oxygen atoms in total. The van der Waals surface area contributed by atoms with E-state index in [0.29, 0.717) is 60.5 Å². The Morgan fingerprint density at radius 2 is 1.67 bits per heavy atom. The summed E-state index contributed by atoms with van der Waals surface area (Å²) in [6.45, 7) is 7.58. The van der Waals surface area contributed by atoms with E-state index < -0.39 is 29.3 Å². The lowest BCUT2D eigenvalue weighted by atomic mass is 9.89. The van der Waals surface area contributed by atoms with Gasteiger partial charge in [-0.25, -0.2) is 8.78 Å². The minimum atomic E-state index is -0.830. The second-order valence-corrected chi connectivity index (χ2v) is 11.5. The number of ether oxygens (including phenoxy) is 2. The Kier molecular flexibility index (Phi) is 7.14. The molecule has 2 aliphatic rings. The summed E-state index contributed by atoms with van der Waals surface area (Å²) in [5, 5.41) is 19.1. The molecule has 2 N–H and O–H groups in total. The van der Waals surface area contributed by atoms with E-state index in [4.69, 9.17) is 9.47 Å². The van der Waals surface area contributed by atoms with Gasteiger partial charge in [0.1, 0.15) is 29.2 Å². The van der Waals surface area contributed by atoms with E-state index in [1.165, 1.54) is 0 Å². The minimum absolute atomic E-state index is 0.0246. The number of rotatable bonds is 9. The predicted molar refractivity (Wildman–Crippen MR) is 144 cm³/mol. The van der Waals surface area contributed by atoms with E-state index in [9.17, 15) is 15.0 Å². The molecule has 7 heteroatoms. The van der Waals surface area contributed by atoms with Crippen LogP contribution in [-0.2, 0) is 11.2 Å². The first-order chi connectivity index (χ1) is 18.4. The fourth-order valence-corrected chi connectivity index (χ4v) is 5.71. The number of benzene rings is 3. The Balaban J connectivity index is 1.39. The van der Waals surface area contributed by atoms with Gasteiger partial charge in [-0.1, -0.05) is 12.1 Å². The predicted octanol–water partition coefficient (Wildman–Crippen LogP) is 7.04. The number of halogens is 2. The molecule has 0 saturated heterocycles.